The molecule has 0 amide bonds. The van der Waals surface area contributed by atoms with E-state index in [4.69, 9.17) is 0 Å². The first-order valence-corrected chi connectivity index (χ1v) is 8.81. The molecule has 2 aliphatic rings. The lowest BCUT2D eigenvalue weighted by atomic mass is 10.2. The van der Waals surface area contributed by atoms with E-state index >= 15 is 0 Å². The van der Waals surface area contributed by atoms with E-state index in [9.17, 15) is 0 Å². The highest BCUT2D eigenvalue weighted by Crippen LogP contribution is 2.06. The minimum Gasteiger partial charge on any atom is -0.303 e. The molecule has 0 spiro atoms. The molecule has 2 bridgehead atoms. The SMILES string of the molecule is C1#CCCCN2CCCC#CCCCN(CCC1)CCC2. The standard InChI is InChI=1S/C19H30N2/c1-2-6-10-15-21-17-12-8-4-3-7-11-16-20(14-9-5-1)18-13-19-21/h5-19H2. The Morgan fingerprint density at radius 3 is 1.00 bits per heavy atom. The monoisotopic (exact) mass is 286 g/mol. The summed E-state index contributed by atoms with van der Waals surface area (Å²) in [4.78, 5) is 5.27. The average molecular weight is 286 g/mol. The second kappa shape index (κ2) is 10.7. The Kier molecular flexibility index (Phi) is 8.38. The highest BCUT2D eigenvalue weighted by molar-refractivity contribution is 5.00. The Morgan fingerprint density at radius 1 is 0.381 bits per heavy atom. The molecule has 0 aromatic carbocycles. The zero-order valence-corrected chi connectivity index (χ0v) is 13.5. The van der Waals surface area contributed by atoms with E-state index < -0.39 is 0 Å². The molecule has 2 nitrogen and oxygen atoms in total. The maximum Gasteiger partial charge on any atom is 0.0101 e. The van der Waals surface area contributed by atoms with Gasteiger partial charge in [-0.05, 0) is 71.4 Å². The van der Waals surface area contributed by atoms with Crippen molar-refractivity contribution in [3.63, 3.8) is 0 Å². The van der Waals surface area contributed by atoms with Crippen LogP contribution in [0.2, 0.25) is 0 Å². The highest BCUT2D eigenvalue weighted by Gasteiger charge is 2.08. The third-order valence-corrected chi connectivity index (χ3v) is 4.30. The second-order valence-corrected chi connectivity index (χ2v) is 6.16. The van der Waals surface area contributed by atoms with Crippen molar-refractivity contribution in [3.05, 3.63) is 0 Å². The van der Waals surface area contributed by atoms with Crippen molar-refractivity contribution in [1.29, 1.82) is 0 Å². The smallest absolute Gasteiger partial charge is 0.0101 e. The lowest BCUT2D eigenvalue weighted by molar-refractivity contribution is 0.223. The number of nitrogens with zero attached hydrogens (tertiary/aromatic N) is 2. The predicted octanol–water partition coefficient (Wildman–Crippen LogP) is 3.14. The normalized spacial score (nSPS) is 29.0. The van der Waals surface area contributed by atoms with Gasteiger partial charge < -0.3 is 9.80 Å². The molecule has 2 aliphatic heterocycles. The third kappa shape index (κ3) is 7.56. The molecule has 2 heterocycles. The van der Waals surface area contributed by atoms with Gasteiger partial charge in [-0.1, -0.05) is 0 Å². The van der Waals surface area contributed by atoms with Crippen LogP contribution in [0.1, 0.15) is 57.8 Å². The molecule has 0 radical (unpaired) electrons. The van der Waals surface area contributed by atoms with Crippen molar-refractivity contribution in [2.45, 2.75) is 57.8 Å². The molecule has 0 N–H and O–H groups in total. The van der Waals surface area contributed by atoms with Crippen LogP contribution in [0.15, 0.2) is 0 Å². The molecular formula is C19H30N2. The Balaban J connectivity index is 1.96. The molecule has 2 heteroatoms. The lowest BCUT2D eigenvalue weighted by Gasteiger charge is -2.25. The molecule has 0 atom stereocenters. The summed E-state index contributed by atoms with van der Waals surface area (Å²) < 4.78 is 0. The zero-order valence-electron chi connectivity index (χ0n) is 13.5. The summed E-state index contributed by atoms with van der Waals surface area (Å²) >= 11 is 0. The maximum absolute atomic E-state index is 3.35. The Labute approximate surface area is 131 Å². The number of fused-ring (bicyclic) bond motifs is 4. The summed E-state index contributed by atoms with van der Waals surface area (Å²) in [5.41, 5.74) is 0. The van der Waals surface area contributed by atoms with Crippen LogP contribution in [0.3, 0.4) is 0 Å². The molecule has 0 saturated carbocycles. The molecule has 2 rings (SSSR count). The molecule has 0 unspecified atom stereocenters. The predicted molar refractivity (Wildman–Crippen MR) is 90.0 cm³/mol. The van der Waals surface area contributed by atoms with Gasteiger partial charge in [0.15, 0.2) is 0 Å². The van der Waals surface area contributed by atoms with Crippen molar-refractivity contribution in [1.82, 2.24) is 9.80 Å². The summed E-state index contributed by atoms with van der Waals surface area (Å²) in [6.07, 6.45) is 10.5. The van der Waals surface area contributed by atoms with Gasteiger partial charge in [0.2, 0.25) is 0 Å². The molecule has 0 aromatic heterocycles. The van der Waals surface area contributed by atoms with E-state index in [0.29, 0.717) is 0 Å². The van der Waals surface area contributed by atoms with E-state index in [-0.39, 0.29) is 0 Å². The van der Waals surface area contributed by atoms with Crippen LogP contribution < -0.4 is 0 Å². The van der Waals surface area contributed by atoms with Crippen molar-refractivity contribution in [3.8, 4) is 23.7 Å². The number of hydrogen-bond acceptors (Lipinski definition) is 2. The van der Waals surface area contributed by atoms with Crippen LogP contribution in [-0.2, 0) is 0 Å². The van der Waals surface area contributed by atoms with Gasteiger partial charge in [0.05, 0.1) is 0 Å². The quantitative estimate of drug-likeness (QED) is 0.631. The topological polar surface area (TPSA) is 6.48 Å². The molecule has 0 saturated heterocycles. The first-order chi connectivity index (χ1) is 10.4. The summed E-state index contributed by atoms with van der Waals surface area (Å²) in [6, 6.07) is 0. The fourth-order valence-corrected chi connectivity index (χ4v) is 3.11. The number of hydrogen-bond donors (Lipinski definition) is 0. The van der Waals surface area contributed by atoms with E-state index in [1.54, 1.807) is 0 Å². The van der Waals surface area contributed by atoms with Crippen molar-refractivity contribution in [2.75, 3.05) is 39.3 Å². The first kappa shape index (κ1) is 16.4. The van der Waals surface area contributed by atoms with Crippen LogP contribution in [-0.4, -0.2) is 49.1 Å². The van der Waals surface area contributed by atoms with Crippen LogP contribution >= 0.6 is 0 Å². The van der Waals surface area contributed by atoms with Gasteiger partial charge in [0, 0.05) is 25.7 Å². The summed E-state index contributed by atoms with van der Waals surface area (Å²) in [6.45, 7) is 7.34. The van der Waals surface area contributed by atoms with E-state index in [1.165, 1.54) is 71.4 Å². The van der Waals surface area contributed by atoms with Crippen molar-refractivity contribution < 1.29 is 0 Å². The summed E-state index contributed by atoms with van der Waals surface area (Å²) in [5, 5.41) is 0. The lowest BCUT2D eigenvalue weighted by Crippen LogP contribution is -2.32. The minimum atomic E-state index is 1.07. The van der Waals surface area contributed by atoms with Crippen molar-refractivity contribution in [2.24, 2.45) is 0 Å². The van der Waals surface area contributed by atoms with Gasteiger partial charge in [0.25, 0.3) is 0 Å². The van der Waals surface area contributed by atoms with Gasteiger partial charge >= 0.3 is 0 Å². The van der Waals surface area contributed by atoms with Gasteiger partial charge in [-0.25, -0.2) is 0 Å². The Hall–Kier alpha value is -0.960. The van der Waals surface area contributed by atoms with E-state index in [1.807, 2.05) is 0 Å². The van der Waals surface area contributed by atoms with Crippen LogP contribution in [0.4, 0.5) is 0 Å². The molecule has 21 heavy (non-hydrogen) atoms. The number of rotatable bonds is 0. The highest BCUT2D eigenvalue weighted by atomic mass is 15.1. The van der Waals surface area contributed by atoms with Crippen molar-refractivity contribution >= 4 is 0 Å². The van der Waals surface area contributed by atoms with Gasteiger partial charge in [-0.15, -0.1) is 23.7 Å². The van der Waals surface area contributed by atoms with Crippen LogP contribution in [0, 0.1) is 23.7 Å². The minimum absolute atomic E-state index is 1.07. The van der Waals surface area contributed by atoms with Gasteiger partial charge in [0.1, 0.15) is 0 Å². The molecular weight excluding hydrogens is 256 g/mol. The zero-order chi connectivity index (χ0) is 14.6. The third-order valence-electron chi connectivity index (χ3n) is 4.30. The molecule has 116 valence electrons. The van der Waals surface area contributed by atoms with Crippen LogP contribution in [0.25, 0.3) is 0 Å². The summed E-state index contributed by atoms with van der Waals surface area (Å²) in [5.74, 6) is 13.4. The fourth-order valence-electron chi connectivity index (χ4n) is 3.11. The molecule has 0 aromatic rings. The maximum atomic E-state index is 3.35. The Bertz CT molecular complexity index is 327. The van der Waals surface area contributed by atoms with E-state index in [2.05, 4.69) is 33.5 Å². The van der Waals surface area contributed by atoms with Gasteiger partial charge in [-0.3, -0.25) is 0 Å². The molecule has 0 aliphatic carbocycles. The fraction of sp³-hybridized carbons (Fsp3) is 0.789. The Morgan fingerprint density at radius 2 is 0.667 bits per heavy atom. The first-order valence-electron chi connectivity index (χ1n) is 8.81. The average Bonchev–Trinajstić information content (AvgIpc) is 2.53. The van der Waals surface area contributed by atoms with E-state index in [0.717, 1.165) is 25.7 Å². The second-order valence-electron chi connectivity index (χ2n) is 6.16. The van der Waals surface area contributed by atoms with Crippen LogP contribution in [0.5, 0.6) is 0 Å². The summed E-state index contributed by atoms with van der Waals surface area (Å²) in [7, 11) is 0. The van der Waals surface area contributed by atoms with Gasteiger partial charge in [-0.2, -0.15) is 0 Å². The largest absolute Gasteiger partial charge is 0.303 e. The molecule has 0 fully saturated rings.